The minimum atomic E-state index is -0.207. The Hall–Kier alpha value is -2.72. The molecule has 6 heteroatoms. The van der Waals surface area contributed by atoms with Crippen molar-refractivity contribution in [2.75, 3.05) is 0 Å². The van der Waals surface area contributed by atoms with Crippen LogP contribution in [0.3, 0.4) is 0 Å². The first-order valence-electron chi connectivity index (χ1n) is 6.15. The molecule has 1 N–H and O–H groups in total. The Morgan fingerprint density at radius 1 is 1.30 bits per heavy atom. The fourth-order valence-electron chi connectivity index (χ4n) is 1.66. The molecule has 102 valence electrons. The third kappa shape index (κ3) is 3.18. The van der Waals surface area contributed by atoms with E-state index < -0.39 is 0 Å². The van der Waals surface area contributed by atoms with E-state index in [4.69, 9.17) is 0 Å². The highest BCUT2D eigenvalue weighted by atomic mass is 16.2. The Morgan fingerprint density at radius 3 is 2.60 bits per heavy atom. The second-order valence-corrected chi connectivity index (χ2v) is 4.49. The summed E-state index contributed by atoms with van der Waals surface area (Å²) in [5.41, 5.74) is 1.65. The van der Waals surface area contributed by atoms with Crippen molar-refractivity contribution in [3.8, 4) is 5.69 Å². The summed E-state index contributed by atoms with van der Waals surface area (Å²) in [6, 6.07) is 8.58. The molecule has 2 rings (SSSR count). The number of hydrogen-bond donors (Lipinski definition) is 1. The fourth-order valence-corrected chi connectivity index (χ4v) is 1.66. The molecule has 6 nitrogen and oxygen atoms in total. The lowest BCUT2D eigenvalue weighted by molar-refractivity contribution is 0.0937. The van der Waals surface area contributed by atoms with Crippen molar-refractivity contribution in [1.29, 1.82) is 0 Å². The minimum Gasteiger partial charge on any atom is -0.348 e. The minimum absolute atomic E-state index is 0.0631. The summed E-state index contributed by atoms with van der Waals surface area (Å²) in [6.45, 7) is 3.78. The fraction of sp³-hybridized carbons (Fsp3) is 0.214. The molecule has 0 fully saturated rings. The molecule has 0 radical (unpaired) electrons. The molecule has 0 aliphatic heterocycles. The molecule has 0 saturated carbocycles. The average Bonchev–Trinajstić information content (AvgIpc) is 2.89. The molecule has 1 aromatic carbocycles. The lowest BCUT2D eigenvalue weighted by Crippen LogP contribution is -2.30. The maximum atomic E-state index is 11.8. The highest BCUT2D eigenvalue weighted by Gasteiger charge is 2.10. The third-order valence-corrected chi connectivity index (χ3v) is 2.53. The van der Waals surface area contributed by atoms with E-state index in [0.717, 1.165) is 5.69 Å². The summed E-state index contributed by atoms with van der Waals surface area (Å²) < 4.78 is 1.59. The van der Waals surface area contributed by atoms with Gasteiger partial charge in [0, 0.05) is 12.2 Å². The number of amides is 1. The topological polar surface area (TPSA) is 76.3 Å². The Balaban J connectivity index is 2.20. The van der Waals surface area contributed by atoms with Gasteiger partial charge in [-0.2, -0.15) is 10.1 Å². The first kappa shape index (κ1) is 13.7. The zero-order valence-electron chi connectivity index (χ0n) is 11.2. The Labute approximate surface area is 116 Å². The van der Waals surface area contributed by atoms with Gasteiger partial charge in [-0.1, -0.05) is 0 Å². The molecule has 0 saturated heterocycles. The van der Waals surface area contributed by atoms with Crippen molar-refractivity contribution >= 4 is 17.7 Å². The maximum absolute atomic E-state index is 11.8. The number of aromatic nitrogens is 2. The van der Waals surface area contributed by atoms with Gasteiger partial charge in [0.15, 0.2) is 5.69 Å². The van der Waals surface area contributed by atoms with Crippen molar-refractivity contribution in [2.45, 2.75) is 19.9 Å². The van der Waals surface area contributed by atoms with Crippen LogP contribution in [0.1, 0.15) is 24.3 Å². The highest BCUT2D eigenvalue weighted by Crippen LogP contribution is 2.15. The number of rotatable bonds is 4. The quantitative estimate of drug-likeness (QED) is 0.681. The number of hydrogen-bond acceptors (Lipinski definition) is 4. The van der Waals surface area contributed by atoms with Gasteiger partial charge in [0.05, 0.1) is 11.4 Å². The van der Waals surface area contributed by atoms with Gasteiger partial charge >= 0.3 is 0 Å². The normalized spacial score (nSPS) is 10.2. The molecule has 1 aromatic heterocycles. The predicted octanol–water partition coefficient (Wildman–Crippen LogP) is 1.98. The summed E-state index contributed by atoms with van der Waals surface area (Å²) in [4.78, 5) is 25.4. The van der Waals surface area contributed by atoms with Gasteiger partial charge < -0.3 is 5.32 Å². The second kappa shape index (κ2) is 5.95. The van der Waals surface area contributed by atoms with Gasteiger partial charge in [0.25, 0.3) is 5.91 Å². The van der Waals surface area contributed by atoms with Gasteiger partial charge in [-0.05, 0) is 44.2 Å². The molecule has 0 aliphatic rings. The summed E-state index contributed by atoms with van der Waals surface area (Å²) in [7, 11) is 0. The van der Waals surface area contributed by atoms with Gasteiger partial charge in [0.1, 0.15) is 0 Å². The first-order valence-corrected chi connectivity index (χ1v) is 6.15. The van der Waals surface area contributed by atoms with Crippen LogP contribution in [0, 0.1) is 0 Å². The molecular weight excluding hydrogens is 256 g/mol. The van der Waals surface area contributed by atoms with E-state index in [0.29, 0.717) is 11.4 Å². The van der Waals surface area contributed by atoms with E-state index in [1.807, 2.05) is 13.8 Å². The molecule has 0 atom stereocenters. The number of nitrogens with one attached hydrogen (secondary N) is 1. The molecule has 0 bridgehead atoms. The summed E-state index contributed by atoms with van der Waals surface area (Å²) >= 11 is 0. The van der Waals surface area contributed by atoms with Gasteiger partial charge in [-0.15, -0.1) is 0 Å². The van der Waals surface area contributed by atoms with Crippen molar-refractivity contribution in [1.82, 2.24) is 15.1 Å². The number of carbonyl (C=O) groups is 1. The van der Waals surface area contributed by atoms with E-state index in [1.165, 1.54) is 6.08 Å². The SMILES string of the molecule is CC(C)NC(=O)c1ccn(-c2ccc(N=C=O)cc2)n1. The summed E-state index contributed by atoms with van der Waals surface area (Å²) in [6.07, 6.45) is 3.18. The number of carbonyl (C=O) groups excluding carboxylic acids is 2. The lowest BCUT2D eigenvalue weighted by Gasteiger charge is -2.05. The van der Waals surface area contributed by atoms with E-state index in [2.05, 4.69) is 15.4 Å². The first-order chi connectivity index (χ1) is 9.60. The van der Waals surface area contributed by atoms with Crippen molar-refractivity contribution < 1.29 is 9.59 Å². The molecule has 1 amide bonds. The Morgan fingerprint density at radius 2 is 2.00 bits per heavy atom. The number of benzene rings is 1. The van der Waals surface area contributed by atoms with Crippen LogP contribution in [0.2, 0.25) is 0 Å². The van der Waals surface area contributed by atoms with Gasteiger partial charge in [-0.25, -0.2) is 9.48 Å². The molecule has 0 spiro atoms. The molecule has 0 unspecified atom stereocenters. The monoisotopic (exact) mass is 270 g/mol. The largest absolute Gasteiger partial charge is 0.348 e. The Bertz CT molecular complexity index is 652. The van der Waals surface area contributed by atoms with Crippen LogP contribution >= 0.6 is 0 Å². The molecule has 2 aromatic rings. The van der Waals surface area contributed by atoms with Crippen molar-refractivity contribution in [3.05, 3.63) is 42.2 Å². The molecule has 1 heterocycles. The van der Waals surface area contributed by atoms with Gasteiger partial charge in [0.2, 0.25) is 6.08 Å². The van der Waals surface area contributed by atoms with E-state index in [-0.39, 0.29) is 11.9 Å². The van der Waals surface area contributed by atoms with Crippen LogP contribution in [-0.4, -0.2) is 27.8 Å². The average molecular weight is 270 g/mol. The van der Waals surface area contributed by atoms with Crippen LogP contribution in [-0.2, 0) is 4.79 Å². The van der Waals surface area contributed by atoms with Crippen molar-refractivity contribution in [2.24, 2.45) is 4.99 Å². The van der Waals surface area contributed by atoms with Crippen molar-refractivity contribution in [3.63, 3.8) is 0 Å². The molecule has 20 heavy (non-hydrogen) atoms. The lowest BCUT2D eigenvalue weighted by atomic mass is 10.3. The van der Waals surface area contributed by atoms with Gasteiger partial charge in [-0.3, -0.25) is 4.79 Å². The zero-order valence-corrected chi connectivity index (χ0v) is 11.2. The van der Waals surface area contributed by atoms with Crippen LogP contribution in [0.5, 0.6) is 0 Å². The Kier molecular flexibility index (Phi) is 4.08. The zero-order chi connectivity index (χ0) is 14.5. The standard InChI is InChI=1S/C14H14N4O2/c1-10(2)16-14(20)13-7-8-18(17-13)12-5-3-11(4-6-12)15-9-19/h3-8,10H,1-2H3,(H,16,20). The van der Waals surface area contributed by atoms with E-state index in [9.17, 15) is 9.59 Å². The van der Waals surface area contributed by atoms with Crippen LogP contribution in [0.4, 0.5) is 5.69 Å². The molecular formula is C14H14N4O2. The van der Waals surface area contributed by atoms with Crippen LogP contribution in [0.25, 0.3) is 5.69 Å². The smallest absolute Gasteiger partial charge is 0.271 e. The van der Waals surface area contributed by atoms with Crippen LogP contribution in [0.15, 0.2) is 41.5 Å². The number of aliphatic imine (C=N–C) groups is 1. The second-order valence-electron chi connectivity index (χ2n) is 4.49. The summed E-state index contributed by atoms with van der Waals surface area (Å²) in [5.74, 6) is -0.207. The third-order valence-electron chi connectivity index (χ3n) is 2.53. The maximum Gasteiger partial charge on any atom is 0.271 e. The van der Waals surface area contributed by atoms with E-state index >= 15 is 0 Å². The predicted molar refractivity (Wildman–Crippen MR) is 73.9 cm³/mol. The summed E-state index contributed by atoms with van der Waals surface area (Å²) in [5, 5.41) is 6.98. The number of nitrogens with zero attached hydrogens (tertiary/aromatic N) is 3. The highest BCUT2D eigenvalue weighted by molar-refractivity contribution is 5.92. The molecule has 0 aliphatic carbocycles. The van der Waals surface area contributed by atoms with E-state index in [1.54, 1.807) is 41.2 Å². The van der Waals surface area contributed by atoms with Crippen LogP contribution < -0.4 is 5.32 Å². The number of isocyanates is 1.